The Balaban J connectivity index is 2.03. The summed E-state index contributed by atoms with van der Waals surface area (Å²) >= 11 is 1.54. The minimum absolute atomic E-state index is 0.0871. The fraction of sp³-hybridized carbons (Fsp3) is 0.429. The van der Waals surface area contributed by atoms with Crippen LogP contribution in [0.25, 0.3) is 11.3 Å². The molecule has 3 rings (SSSR count). The molecule has 0 unspecified atom stereocenters. The second-order valence-corrected chi connectivity index (χ2v) is 8.06. The lowest BCUT2D eigenvalue weighted by atomic mass is 9.99. The Kier molecular flexibility index (Phi) is 6.92. The van der Waals surface area contributed by atoms with Crippen LogP contribution in [-0.4, -0.2) is 21.9 Å². The molecule has 1 aliphatic carbocycles. The molecular formula is C21H26N4O2S. The van der Waals surface area contributed by atoms with Gasteiger partial charge in [0.05, 0.1) is 17.2 Å². The van der Waals surface area contributed by atoms with Gasteiger partial charge in [0, 0.05) is 28.8 Å². The van der Waals surface area contributed by atoms with E-state index in [1.807, 2.05) is 17.0 Å². The molecule has 0 radical (unpaired) electrons. The molecule has 0 N–H and O–H groups in total. The Bertz CT molecular complexity index is 928. The van der Waals surface area contributed by atoms with Crippen molar-refractivity contribution < 1.29 is 4.92 Å². The lowest BCUT2D eigenvalue weighted by Gasteiger charge is -2.12. The van der Waals surface area contributed by atoms with E-state index in [-0.39, 0.29) is 10.6 Å². The normalized spacial score (nSPS) is 15.8. The molecule has 2 aromatic rings. The Morgan fingerprint density at radius 2 is 1.82 bits per heavy atom. The van der Waals surface area contributed by atoms with Gasteiger partial charge >= 0.3 is 0 Å². The number of rotatable bonds is 5. The number of aromatic nitrogens is 1. The maximum Gasteiger partial charge on any atom is 0.269 e. The maximum atomic E-state index is 10.9. The predicted molar refractivity (Wildman–Crippen MR) is 115 cm³/mol. The standard InChI is InChI=1S/C21H26N4O2S/c1-16(2)14-22-21-24(23-18-8-6-4-3-5-7-9-18)20(15-28-21)17-10-12-19(13-11-17)25(26)27/h10-13,15H,1,3-9,14H2,2H3. The van der Waals surface area contributed by atoms with Gasteiger partial charge < -0.3 is 0 Å². The summed E-state index contributed by atoms with van der Waals surface area (Å²) in [5, 5.41) is 17.9. The summed E-state index contributed by atoms with van der Waals surface area (Å²) in [6.45, 7) is 6.45. The van der Waals surface area contributed by atoms with Crippen LogP contribution in [0.4, 0.5) is 5.69 Å². The van der Waals surface area contributed by atoms with Gasteiger partial charge in [-0.05, 0) is 44.7 Å². The summed E-state index contributed by atoms with van der Waals surface area (Å²) in [7, 11) is 0. The first-order valence-corrected chi connectivity index (χ1v) is 10.6. The molecule has 0 spiro atoms. The molecule has 1 fully saturated rings. The van der Waals surface area contributed by atoms with Crippen molar-refractivity contribution in [2.24, 2.45) is 10.1 Å². The minimum Gasteiger partial charge on any atom is -0.258 e. The number of hydrogen-bond donors (Lipinski definition) is 0. The molecule has 1 aromatic carbocycles. The van der Waals surface area contributed by atoms with Crippen molar-refractivity contribution in [2.45, 2.75) is 51.9 Å². The van der Waals surface area contributed by atoms with Crippen LogP contribution < -0.4 is 4.80 Å². The lowest BCUT2D eigenvalue weighted by Crippen LogP contribution is -2.16. The van der Waals surface area contributed by atoms with Crippen LogP contribution in [0.1, 0.15) is 51.9 Å². The highest BCUT2D eigenvalue weighted by molar-refractivity contribution is 7.07. The van der Waals surface area contributed by atoms with E-state index in [0.29, 0.717) is 6.54 Å². The molecule has 148 valence electrons. The van der Waals surface area contributed by atoms with E-state index in [9.17, 15) is 10.1 Å². The van der Waals surface area contributed by atoms with Gasteiger partial charge in [0.15, 0.2) is 0 Å². The maximum absolute atomic E-state index is 10.9. The third-order valence-corrected chi connectivity index (χ3v) is 5.57. The first-order chi connectivity index (χ1) is 13.5. The van der Waals surface area contributed by atoms with Crippen molar-refractivity contribution in [3.63, 3.8) is 0 Å². The number of thiazole rings is 1. The summed E-state index contributed by atoms with van der Waals surface area (Å²) in [5.41, 5.74) is 4.10. The summed E-state index contributed by atoms with van der Waals surface area (Å²) < 4.78 is 1.91. The number of nitro groups is 1. The van der Waals surface area contributed by atoms with Crippen molar-refractivity contribution in [3.05, 3.63) is 56.7 Å². The third kappa shape index (κ3) is 5.25. The Labute approximate surface area is 169 Å². The SMILES string of the molecule is C=C(C)CN=c1scc(-c2ccc([N+](=O)[O-])cc2)n1N=C1CCCCCCC1. The lowest BCUT2D eigenvalue weighted by molar-refractivity contribution is -0.384. The highest BCUT2D eigenvalue weighted by Crippen LogP contribution is 2.24. The Morgan fingerprint density at radius 3 is 2.43 bits per heavy atom. The molecule has 1 aromatic heterocycles. The number of nitrogens with zero attached hydrogens (tertiary/aromatic N) is 4. The molecule has 0 atom stereocenters. The van der Waals surface area contributed by atoms with Gasteiger partial charge in [-0.15, -0.1) is 11.3 Å². The van der Waals surface area contributed by atoms with Gasteiger partial charge in [0.1, 0.15) is 0 Å². The number of benzene rings is 1. The number of hydrogen-bond acceptors (Lipinski definition) is 5. The van der Waals surface area contributed by atoms with Gasteiger partial charge in [-0.1, -0.05) is 31.4 Å². The van der Waals surface area contributed by atoms with Gasteiger partial charge in [-0.25, -0.2) is 4.68 Å². The zero-order valence-corrected chi connectivity index (χ0v) is 17.1. The van der Waals surface area contributed by atoms with Crippen LogP contribution in [0, 0.1) is 10.1 Å². The summed E-state index contributed by atoms with van der Waals surface area (Å²) in [4.78, 5) is 16.1. The molecule has 1 saturated carbocycles. The number of non-ortho nitro benzene ring substituents is 1. The van der Waals surface area contributed by atoms with Crippen molar-refractivity contribution in [3.8, 4) is 11.3 Å². The van der Waals surface area contributed by atoms with E-state index >= 15 is 0 Å². The molecule has 0 amide bonds. The predicted octanol–water partition coefficient (Wildman–Crippen LogP) is 5.55. The van der Waals surface area contributed by atoms with Crippen LogP contribution in [0.3, 0.4) is 0 Å². The van der Waals surface area contributed by atoms with Crippen LogP contribution in [0.2, 0.25) is 0 Å². The van der Waals surface area contributed by atoms with Crippen molar-refractivity contribution >= 4 is 22.7 Å². The quantitative estimate of drug-likeness (QED) is 0.376. The number of nitro benzene ring substituents is 1. The van der Waals surface area contributed by atoms with Crippen LogP contribution in [-0.2, 0) is 0 Å². The van der Waals surface area contributed by atoms with Gasteiger partial charge in [-0.3, -0.25) is 15.1 Å². The smallest absolute Gasteiger partial charge is 0.258 e. The van der Waals surface area contributed by atoms with Gasteiger partial charge in [-0.2, -0.15) is 5.10 Å². The van der Waals surface area contributed by atoms with E-state index in [1.54, 1.807) is 12.1 Å². The molecule has 6 nitrogen and oxygen atoms in total. The zero-order valence-electron chi connectivity index (χ0n) is 16.3. The molecule has 28 heavy (non-hydrogen) atoms. The highest BCUT2D eigenvalue weighted by Gasteiger charge is 2.12. The van der Waals surface area contributed by atoms with E-state index in [1.165, 1.54) is 61.3 Å². The average molecular weight is 399 g/mol. The molecule has 7 heteroatoms. The van der Waals surface area contributed by atoms with E-state index in [0.717, 1.165) is 34.5 Å². The largest absolute Gasteiger partial charge is 0.269 e. The Morgan fingerprint density at radius 1 is 1.18 bits per heavy atom. The molecule has 1 heterocycles. The third-order valence-electron chi connectivity index (χ3n) is 4.72. The van der Waals surface area contributed by atoms with E-state index < -0.39 is 0 Å². The summed E-state index contributed by atoms with van der Waals surface area (Å²) in [5.74, 6) is 0. The van der Waals surface area contributed by atoms with Crippen LogP contribution in [0.15, 0.2) is 51.9 Å². The van der Waals surface area contributed by atoms with E-state index in [2.05, 4.69) is 11.6 Å². The minimum atomic E-state index is -0.381. The molecule has 0 saturated heterocycles. The van der Waals surface area contributed by atoms with Gasteiger partial charge in [0.2, 0.25) is 4.80 Å². The van der Waals surface area contributed by atoms with Crippen LogP contribution >= 0.6 is 11.3 Å². The molecule has 1 aliphatic rings. The monoisotopic (exact) mass is 398 g/mol. The topological polar surface area (TPSA) is 72.8 Å². The summed E-state index contributed by atoms with van der Waals surface area (Å²) in [6, 6.07) is 6.62. The molecular weight excluding hydrogens is 372 g/mol. The summed E-state index contributed by atoms with van der Waals surface area (Å²) in [6.07, 6.45) is 8.21. The highest BCUT2D eigenvalue weighted by atomic mass is 32.1. The van der Waals surface area contributed by atoms with Crippen molar-refractivity contribution in [1.29, 1.82) is 0 Å². The molecule has 0 aliphatic heterocycles. The second-order valence-electron chi connectivity index (χ2n) is 7.23. The first kappa shape index (κ1) is 20.2. The van der Waals surface area contributed by atoms with Crippen LogP contribution in [0.5, 0.6) is 0 Å². The van der Waals surface area contributed by atoms with Crippen molar-refractivity contribution in [1.82, 2.24) is 4.68 Å². The van der Waals surface area contributed by atoms with E-state index in [4.69, 9.17) is 5.10 Å². The van der Waals surface area contributed by atoms with Gasteiger partial charge in [0.25, 0.3) is 5.69 Å². The fourth-order valence-electron chi connectivity index (χ4n) is 3.21. The average Bonchev–Trinajstić information content (AvgIpc) is 3.04. The second kappa shape index (κ2) is 9.59. The molecule has 0 bridgehead atoms. The Hall–Kier alpha value is -2.54. The van der Waals surface area contributed by atoms with Crippen molar-refractivity contribution in [2.75, 3.05) is 6.54 Å². The first-order valence-electron chi connectivity index (χ1n) is 9.71. The zero-order chi connectivity index (χ0) is 19.9. The fourth-order valence-corrected chi connectivity index (χ4v) is 4.05.